The predicted octanol–water partition coefficient (Wildman–Crippen LogP) is 3.21. The Balaban J connectivity index is 1.78. The fraction of sp³-hybridized carbons (Fsp3) is 0.192. The molecule has 35 heavy (non-hydrogen) atoms. The Bertz CT molecular complexity index is 1900. The molecule has 0 unspecified atom stereocenters. The number of benzene rings is 3. The van der Waals surface area contributed by atoms with Crippen molar-refractivity contribution in [2.45, 2.75) is 30.9 Å². The Morgan fingerprint density at radius 1 is 0.971 bits per heavy atom. The number of aromatic nitrogens is 2. The monoisotopic (exact) mass is 467 g/mol. The van der Waals surface area contributed by atoms with Crippen molar-refractivity contribution in [3.05, 3.63) is 59.7 Å². The minimum atomic E-state index is -2.25. The third-order valence-electron chi connectivity index (χ3n) is 8.11. The normalized spacial score (nSPS) is 26.9. The number of aliphatic carboxylic acids is 1. The van der Waals surface area contributed by atoms with Gasteiger partial charge in [-0.1, -0.05) is 36.4 Å². The van der Waals surface area contributed by atoms with Gasteiger partial charge in [0.15, 0.2) is 5.72 Å². The summed E-state index contributed by atoms with van der Waals surface area (Å²) in [6.07, 6.45) is -1.01. The second kappa shape index (κ2) is 5.54. The van der Waals surface area contributed by atoms with Crippen LogP contribution < -0.4 is 5.32 Å². The van der Waals surface area contributed by atoms with Crippen LogP contribution in [0.2, 0.25) is 0 Å². The molecule has 0 radical (unpaired) electrons. The Kier molecular flexibility index (Phi) is 3.03. The maximum absolute atomic E-state index is 13.2. The molecule has 3 aliphatic heterocycles. The molecule has 0 aliphatic carbocycles. The molecule has 2 aromatic heterocycles. The number of nitrogens with one attached hydrogen (secondary N) is 1. The molecular weight excluding hydrogens is 450 g/mol. The highest BCUT2D eigenvalue weighted by Gasteiger charge is 2.65. The quantitative estimate of drug-likeness (QED) is 0.326. The predicted molar refractivity (Wildman–Crippen MR) is 125 cm³/mol. The number of amides is 2. The van der Waals surface area contributed by atoms with E-state index in [9.17, 15) is 24.6 Å². The van der Waals surface area contributed by atoms with Gasteiger partial charge in [-0.15, -0.1) is 0 Å². The van der Waals surface area contributed by atoms with Gasteiger partial charge in [0.1, 0.15) is 6.23 Å². The zero-order valence-corrected chi connectivity index (χ0v) is 18.3. The first kappa shape index (κ1) is 19.1. The van der Waals surface area contributed by atoms with Crippen LogP contribution in [0.15, 0.2) is 48.5 Å². The SMILES string of the molecule is C[C@]12O[C@H](C[C@@]1(O)C(=O)O)n1c3ccccc3c3c4c(c5c6ccccc6n2c5c31)C(=O)NC4=O. The lowest BCUT2D eigenvalue weighted by Gasteiger charge is -2.36. The number of ether oxygens (including phenoxy) is 1. The van der Waals surface area contributed by atoms with Gasteiger partial charge in [0.05, 0.1) is 33.2 Å². The van der Waals surface area contributed by atoms with Crippen LogP contribution in [0, 0.1) is 0 Å². The van der Waals surface area contributed by atoms with Crippen molar-refractivity contribution in [2.75, 3.05) is 0 Å². The van der Waals surface area contributed by atoms with E-state index in [0.717, 1.165) is 10.9 Å². The molecule has 3 aromatic carbocycles. The van der Waals surface area contributed by atoms with Crippen LogP contribution in [0.3, 0.4) is 0 Å². The summed E-state index contributed by atoms with van der Waals surface area (Å²) < 4.78 is 10.1. The van der Waals surface area contributed by atoms with Gasteiger partial charge in [-0.05, 0) is 19.1 Å². The summed E-state index contributed by atoms with van der Waals surface area (Å²) in [5.41, 5.74) is -0.796. The minimum absolute atomic E-state index is 0.192. The smallest absolute Gasteiger partial charge is 0.341 e. The Morgan fingerprint density at radius 2 is 1.54 bits per heavy atom. The van der Waals surface area contributed by atoms with Crippen molar-refractivity contribution >= 4 is 61.4 Å². The number of fused-ring (bicyclic) bond motifs is 13. The second-order valence-corrected chi connectivity index (χ2v) is 9.65. The van der Waals surface area contributed by atoms with Crippen LogP contribution in [0.4, 0.5) is 0 Å². The van der Waals surface area contributed by atoms with Crippen LogP contribution in [-0.4, -0.2) is 42.7 Å². The van der Waals surface area contributed by atoms with Crippen LogP contribution in [0.1, 0.15) is 40.3 Å². The number of rotatable bonds is 1. The van der Waals surface area contributed by atoms with Gasteiger partial charge in [-0.3, -0.25) is 14.9 Å². The zero-order valence-electron chi connectivity index (χ0n) is 18.3. The molecule has 9 heteroatoms. The lowest BCUT2D eigenvalue weighted by atomic mass is 9.89. The number of nitrogens with zero attached hydrogens (tertiary/aromatic N) is 2. The highest BCUT2D eigenvalue weighted by molar-refractivity contribution is 6.39. The lowest BCUT2D eigenvalue weighted by molar-refractivity contribution is -0.200. The summed E-state index contributed by atoms with van der Waals surface area (Å²) in [5.74, 6) is -2.35. The Labute approximate surface area is 196 Å². The first-order chi connectivity index (χ1) is 16.8. The number of hydrogen-bond donors (Lipinski definition) is 3. The lowest BCUT2D eigenvalue weighted by Crippen LogP contribution is -2.55. The number of carbonyl (C=O) groups excluding carboxylic acids is 2. The van der Waals surface area contributed by atoms with E-state index in [1.807, 2.05) is 53.1 Å². The summed E-state index contributed by atoms with van der Waals surface area (Å²) in [4.78, 5) is 38.9. The molecule has 2 amide bonds. The van der Waals surface area contributed by atoms with Gasteiger partial charge in [0.25, 0.3) is 11.8 Å². The van der Waals surface area contributed by atoms with Gasteiger partial charge >= 0.3 is 5.97 Å². The summed E-state index contributed by atoms with van der Waals surface area (Å²) >= 11 is 0. The molecule has 5 heterocycles. The molecule has 9 nitrogen and oxygen atoms in total. The van der Waals surface area contributed by atoms with Crippen molar-refractivity contribution in [3.63, 3.8) is 0 Å². The maximum atomic E-state index is 13.2. The highest BCUT2D eigenvalue weighted by atomic mass is 16.6. The molecule has 8 rings (SSSR count). The number of carboxylic acid groups (broad SMARTS) is 1. The third-order valence-corrected chi connectivity index (χ3v) is 8.11. The van der Waals surface area contributed by atoms with Crippen LogP contribution in [0.25, 0.3) is 43.6 Å². The van der Waals surface area contributed by atoms with Gasteiger partial charge in [0, 0.05) is 28.0 Å². The van der Waals surface area contributed by atoms with E-state index in [2.05, 4.69) is 5.32 Å². The van der Waals surface area contributed by atoms with E-state index in [1.165, 1.54) is 0 Å². The molecule has 1 saturated heterocycles. The first-order valence-electron chi connectivity index (χ1n) is 11.3. The van der Waals surface area contributed by atoms with E-state index < -0.39 is 35.3 Å². The molecule has 3 N–H and O–H groups in total. The standard InChI is InChI=1S/C26H17N3O6/c1-25-26(34,24(32)33)10-15(35-25)28-13-8-4-2-6-11(13)16-18-19(23(31)27-22(18)30)17-12-7-3-5-9-14(12)29(25)21(17)20(16)28/h2-9,15,34H,10H2,1H3,(H,32,33)(H,27,30,31)/t15-,25+,26-/m1/s1. The first-order valence-corrected chi connectivity index (χ1v) is 11.3. The minimum Gasteiger partial charge on any atom is -0.479 e. The molecule has 172 valence electrons. The summed E-state index contributed by atoms with van der Waals surface area (Å²) in [6, 6.07) is 14.7. The van der Waals surface area contributed by atoms with Gasteiger partial charge in [0.2, 0.25) is 5.60 Å². The number of carboxylic acids is 1. The van der Waals surface area contributed by atoms with Crippen molar-refractivity contribution < 1.29 is 29.3 Å². The third kappa shape index (κ3) is 1.81. The topological polar surface area (TPSA) is 123 Å². The molecule has 0 saturated carbocycles. The van der Waals surface area contributed by atoms with Gasteiger partial charge in [-0.2, -0.15) is 0 Å². The van der Waals surface area contributed by atoms with Crippen molar-refractivity contribution in [3.8, 4) is 0 Å². The number of para-hydroxylation sites is 2. The van der Waals surface area contributed by atoms with Gasteiger partial charge < -0.3 is 24.1 Å². The van der Waals surface area contributed by atoms with Gasteiger partial charge in [-0.25, -0.2) is 4.79 Å². The maximum Gasteiger partial charge on any atom is 0.341 e. The molecule has 5 aromatic rings. The largest absolute Gasteiger partial charge is 0.479 e. The highest BCUT2D eigenvalue weighted by Crippen LogP contribution is 2.57. The molecular formula is C26H17N3O6. The molecule has 1 fully saturated rings. The fourth-order valence-corrected chi connectivity index (χ4v) is 6.65. The van der Waals surface area contributed by atoms with Crippen molar-refractivity contribution in [1.82, 2.24) is 14.5 Å². The van der Waals surface area contributed by atoms with Crippen LogP contribution in [-0.2, 0) is 15.3 Å². The van der Waals surface area contributed by atoms with E-state index in [4.69, 9.17) is 4.74 Å². The number of imide groups is 1. The average molecular weight is 467 g/mol. The van der Waals surface area contributed by atoms with Crippen molar-refractivity contribution in [1.29, 1.82) is 0 Å². The van der Waals surface area contributed by atoms with Crippen LogP contribution in [0.5, 0.6) is 0 Å². The summed E-state index contributed by atoms with van der Waals surface area (Å²) in [6.45, 7) is 1.58. The van der Waals surface area contributed by atoms with E-state index in [-0.39, 0.29) is 12.0 Å². The van der Waals surface area contributed by atoms with Crippen LogP contribution >= 0.6 is 0 Å². The summed E-state index contributed by atoms with van der Waals surface area (Å²) in [7, 11) is 0. The molecule has 0 spiro atoms. The van der Waals surface area contributed by atoms with E-state index in [1.54, 1.807) is 11.5 Å². The second-order valence-electron chi connectivity index (χ2n) is 9.65. The zero-order chi connectivity index (χ0) is 24.0. The fourth-order valence-electron chi connectivity index (χ4n) is 6.65. The Morgan fingerprint density at radius 3 is 2.20 bits per heavy atom. The Hall–Kier alpha value is -4.21. The number of hydrogen-bond acceptors (Lipinski definition) is 5. The summed E-state index contributed by atoms with van der Waals surface area (Å²) in [5, 5.41) is 26.9. The number of carbonyl (C=O) groups is 3. The average Bonchev–Trinajstić information content (AvgIpc) is 3.49. The van der Waals surface area contributed by atoms with Crippen molar-refractivity contribution in [2.24, 2.45) is 0 Å². The molecule has 3 aliphatic rings. The number of aliphatic hydroxyl groups is 1. The van der Waals surface area contributed by atoms with E-state index in [0.29, 0.717) is 38.3 Å². The molecule has 3 atom stereocenters. The molecule has 2 bridgehead atoms. The van der Waals surface area contributed by atoms with E-state index >= 15 is 0 Å².